The highest BCUT2D eigenvalue weighted by Crippen LogP contribution is 2.29. The van der Waals surface area contributed by atoms with Crippen LogP contribution in [-0.4, -0.2) is 73.5 Å². The molecule has 1 aliphatic carbocycles. The topological polar surface area (TPSA) is 79.0 Å². The molecule has 7 nitrogen and oxygen atoms in total. The summed E-state index contributed by atoms with van der Waals surface area (Å²) in [6.45, 7) is 3.75. The minimum atomic E-state index is -0.186. The van der Waals surface area contributed by atoms with Gasteiger partial charge < -0.3 is 19.9 Å². The van der Waals surface area contributed by atoms with E-state index in [9.17, 15) is 14.4 Å². The lowest BCUT2D eigenvalue weighted by Gasteiger charge is -2.41. The molecule has 1 aliphatic heterocycles. The van der Waals surface area contributed by atoms with Gasteiger partial charge in [-0.15, -0.1) is 0 Å². The van der Waals surface area contributed by atoms with Crippen LogP contribution in [0.5, 0.6) is 0 Å². The first-order chi connectivity index (χ1) is 14.5. The SMILES string of the molecule is COCC(=O)N1CCN(C(=O)Cc2ccccc2C)CCNC(=O)C2CCCCC21. The number of fused-ring (bicyclic) bond motifs is 1. The molecule has 0 radical (unpaired) electrons. The molecule has 2 aliphatic rings. The van der Waals surface area contributed by atoms with Gasteiger partial charge in [0.15, 0.2) is 0 Å². The number of carbonyl (C=O) groups is 3. The van der Waals surface area contributed by atoms with E-state index in [1.807, 2.05) is 31.2 Å². The molecule has 0 spiro atoms. The molecule has 0 bridgehead atoms. The third kappa shape index (κ3) is 5.39. The fraction of sp³-hybridized carbons (Fsp3) is 0.609. The number of benzene rings is 1. The van der Waals surface area contributed by atoms with Crippen molar-refractivity contribution < 1.29 is 19.1 Å². The van der Waals surface area contributed by atoms with Crippen LogP contribution < -0.4 is 5.32 Å². The molecular formula is C23H33N3O4. The number of carbonyl (C=O) groups excluding carboxylic acids is 3. The zero-order valence-electron chi connectivity index (χ0n) is 18.1. The summed E-state index contributed by atoms with van der Waals surface area (Å²) in [4.78, 5) is 42.2. The number of nitrogens with zero attached hydrogens (tertiary/aromatic N) is 2. The molecule has 164 valence electrons. The van der Waals surface area contributed by atoms with E-state index in [1.54, 1.807) is 9.80 Å². The molecule has 2 atom stereocenters. The smallest absolute Gasteiger partial charge is 0.248 e. The van der Waals surface area contributed by atoms with Gasteiger partial charge in [-0.25, -0.2) is 0 Å². The van der Waals surface area contributed by atoms with E-state index >= 15 is 0 Å². The summed E-state index contributed by atoms with van der Waals surface area (Å²) in [7, 11) is 1.50. The second-order valence-electron chi connectivity index (χ2n) is 8.25. The van der Waals surface area contributed by atoms with Crippen molar-refractivity contribution >= 4 is 17.7 Å². The quantitative estimate of drug-likeness (QED) is 0.809. The summed E-state index contributed by atoms with van der Waals surface area (Å²) >= 11 is 0. The van der Waals surface area contributed by atoms with Gasteiger partial charge in [-0.05, 0) is 30.9 Å². The first-order valence-corrected chi connectivity index (χ1v) is 10.9. The largest absolute Gasteiger partial charge is 0.375 e. The molecule has 3 rings (SSSR count). The lowest BCUT2D eigenvalue weighted by molar-refractivity contribution is -0.144. The summed E-state index contributed by atoms with van der Waals surface area (Å²) in [5.74, 6) is -0.301. The normalized spacial score (nSPS) is 22.8. The maximum atomic E-state index is 13.0. The van der Waals surface area contributed by atoms with Gasteiger partial charge in [0.05, 0.1) is 12.3 Å². The van der Waals surface area contributed by atoms with Crippen LogP contribution in [0.2, 0.25) is 0 Å². The predicted octanol–water partition coefficient (Wildman–Crippen LogP) is 1.53. The van der Waals surface area contributed by atoms with Crippen LogP contribution in [0.1, 0.15) is 36.8 Å². The number of hydrogen-bond donors (Lipinski definition) is 1. The number of aryl methyl sites for hydroxylation is 1. The maximum Gasteiger partial charge on any atom is 0.248 e. The number of hydrogen-bond acceptors (Lipinski definition) is 4. The van der Waals surface area contributed by atoms with Gasteiger partial charge in [-0.1, -0.05) is 37.1 Å². The Morgan fingerprint density at radius 3 is 2.63 bits per heavy atom. The lowest BCUT2D eigenvalue weighted by Crippen LogP contribution is -2.56. The third-order valence-corrected chi connectivity index (χ3v) is 6.30. The standard InChI is InChI=1S/C23H33N3O4/c1-17-7-3-4-8-18(17)15-21(27)25-12-11-24-23(29)19-9-5-6-10-20(19)26(14-13-25)22(28)16-30-2/h3-4,7-8,19-20H,5-6,9-16H2,1-2H3,(H,24,29). The highest BCUT2D eigenvalue weighted by atomic mass is 16.5. The molecule has 1 N–H and O–H groups in total. The highest BCUT2D eigenvalue weighted by Gasteiger charge is 2.37. The minimum Gasteiger partial charge on any atom is -0.375 e. The van der Waals surface area contributed by atoms with Crippen LogP contribution in [0.15, 0.2) is 24.3 Å². The molecule has 3 amide bonds. The van der Waals surface area contributed by atoms with Crippen molar-refractivity contribution in [1.29, 1.82) is 0 Å². The fourth-order valence-electron chi connectivity index (χ4n) is 4.59. The van der Waals surface area contributed by atoms with Crippen molar-refractivity contribution in [2.24, 2.45) is 5.92 Å². The van der Waals surface area contributed by atoms with E-state index in [4.69, 9.17) is 4.74 Å². The Balaban J connectivity index is 1.77. The van der Waals surface area contributed by atoms with Crippen LogP contribution >= 0.6 is 0 Å². The molecule has 7 heteroatoms. The van der Waals surface area contributed by atoms with E-state index in [0.717, 1.165) is 36.8 Å². The Hall–Kier alpha value is -2.41. The second-order valence-corrected chi connectivity index (χ2v) is 8.25. The molecule has 1 saturated heterocycles. The van der Waals surface area contributed by atoms with Crippen LogP contribution in [0.4, 0.5) is 0 Å². The average Bonchev–Trinajstić information content (AvgIpc) is 2.74. The van der Waals surface area contributed by atoms with Gasteiger partial charge in [-0.3, -0.25) is 14.4 Å². The Kier molecular flexibility index (Phi) is 7.85. The summed E-state index contributed by atoms with van der Waals surface area (Å²) in [6.07, 6.45) is 3.93. The number of rotatable bonds is 4. The average molecular weight is 416 g/mol. The Morgan fingerprint density at radius 1 is 1.10 bits per heavy atom. The first kappa shape index (κ1) is 22.3. The van der Waals surface area contributed by atoms with E-state index in [0.29, 0.717) is 32.6 Å². The molecule has 1 aromatic rings. The van der Waals surface area contributed by atoms with Crippen molar-refractivity contribution in [2.45, 2.75) is 45.1 Å². The Bertz CT molecular complexity index is 767. The minimum absolute atomic E-state index is 0.0110. The summed E-state index contributed by atoms with van der Waals surface area (Å²) in [5, 5.41) is 3.00. The molecular weight excluding hydrogens is 382 g/mol. The molecule has 2 fully saturated rings. The van der Waals surface area contributed by atoms with Crippen molar-refractivity contribution in [3.05, 3.63) is 35.4 Å². The summed E-state index contributed by atoms with van der Waals surface area (Å²) in [5.41, 5.74) is 2.09. The predicted molar refractivity (Wildman–Crippen MR) is 114 cm³/mol. The number of amides is 3. The molecule has 1 heterocycles. The molecule has 30 heavy (non-hydrogen) atoms. The van der Waals surface area contributed by atoms with Crippen molar-refractivity contribution in [3.8, 4) is 0 Å². The summed E-state index contributed by atoms with van der Waals surface area (Å²) < 4.78 is 5.09. The van der Waals surface area contributed by atoms with E-state index in [1.165, 1.54) is 7.11 Å². The zero-order chi connectivity index (χ0) is 21.5. The van der Waals surface area contributed by atoms with Crippen molar-refractivity contribution in [2.75, 3.05) is 39.9 Å². The van der Waals surface area contributed by atoms with Crippen LogP contribution in [0.25, 0.3) is 0 Å². The number of methoxy groups -OCH3 is 1. The molecule has 1 saturated carbocycles. The molecule has 2 unspecified atom stereocenters. The van der Waals surface area contributed by atoms with Crippen LogP contribution in [-0.2, 0) is 25.5 Å². The molecule has 1 aromatic carbocycles. The Labute approximate surface area is 178 Å². The first-order valence-electron chi connectivity index (χ1n) is 10.9. The van der Waals surface area contributed by atoms with Crippen molar-refractivity contribution in [3.63, 3.8) is 0 Å². The van der Waals surface area contributed by atoms with Gasteiger partial charge in [0.2, 0.25) is 17.7 Å². The van der Waals surface area contributed by atoms with E-state index in [-0.39, 0.29) is 36.3 Å². The van der Waals surface area contributed by atoms with Crippen LogP contribution in [0.3, 0.4) is 0 Å². The van der Waals surface area contributed by atoms with Gasteiger partial charge in [0.1, 0.15) is 6.61 Å². The number of nitrogens with one attached hydrogen (secondary N) is 1. The van der Waals surface area contributed by atoms with Gasteiger partial charge in [0.25, 0.3) is 0 Å². The van der Waals surface area contributed by atoms with E-state index < -0.39 is 0 Å². The number of ether oxygens (including phenoxy) is 1. The van der Waals surface area contributed by atoms with Gasteiger partial charge in [-0.2, -0.15) is 0 Å². The monoisotopic (exact) mass is 415 g/mol. The molecule has 0 aromatic heterocycles. The fourth-order valence-corrected chi connectivity index (χ4v) is 4.59. The maximum absolute atomic E-state index is 13.0. The second kappa shape index (κ2) is 10.6. The van der Waals surface area contributed by atoms with Crippen molar-refractivity contribution in [1.82, 2.24) is 15.1 Å². The third-order valence-electron chi connectivity index (χ3n) is 6.30. The van der Waals surface area contributed by atoms with Crippen LogP contribution in [0, 0.1) is 12.8 Å². The summed E-state index contributed by atoms with van der Waals surface area (Å²) in [6, 6.07) is 7.74. The van der Waals surface area contributed by atoms with Gasteiger partial charge in [0, 0.05) is 39.3 Å². The zero-order valence-corrected chi connectivity index (χ0v) is 18.1. The highest BCUT2D eigenvalue weighted by molar-refractivity contribution is 5.83. The van der Waals surface area contributed by atoms with Gasteiger partial charge >= 0.3 is 0 Å². The van der Waals surface area contributed by atoms with E-state index in [2.05, 4.69) is 5.32 Å². The lowest BCUT2D eigenvalue weighted by atomic mass is 9.82. The Morgan fingerprint density at radius 2 is 1.87 bits per heavy atom.